The van der Waals surface area contributed by atoms with Gasteiger partial charge >= 0.3 is 59.1 Å². The molecule has 12 nitrogen and oxygen atoms in total. The van der Waals surface area contributed by atoms with Gasteiger partial charge in [-0.15, -0.1) is 0 Å². The van der Waals surface area contributed by atoms with Crippen LogP contribution in [0.5, 0.6) is 0 Å². The van der Waals surface area contributed by atoms with Crippen molar-refractivity contribution in [1.82, 2.24) is 0 Å². The Kier molecular flexibility index (Phi) is 10.7. The molecule has 0 fully saturated rings. The van der Waals surface area contributed by atoms with Crippen LogP contribution in [-0.4, -0.2) is 25.9 Å². The molecule has 0 heterocycles. The molecule has 0 aromatic heterocycles. The first kappa shape index (κ1) is 33.7. The van der Waals surface area contributed by atoms with Crippen LogP contribution in [0.25, 0.3) is 21.5 Å². The van der Waals surface area contributed by atoms with E-state index in [-0.39, 0.29) is 80.9 Å². The first-order chi connectivity index (χ1) is 18.9. The van der Waals surface area contributed by atoms with Crippen molar-refractivity contribution in [3.05, 3.63) is 116 Å². The third kappa shape index (κ3) is 6.89. The molecule has 5 rings (SSSR count). The Labute approximate surface area is 282 Å². The van der Waals surface area contributed by atoms with Crippen molar-refractivity contribution in [2.24, 2.45) is 10.2 Å². The van der Waals surface area contributed by atoms with Gasteiger partial charge in [0.1, 0.15) is 25.6 Å². The zero-order valence-electron chi connectivity index (χ0n) is 22.1. The second-order valence-electron chi connectivity index (χ2n) is 8.43. The number of nitrogens with one attached hydrogen (secondary N) is 2. The summed E-state index contributed by atoms with van der Waals surface area (Å²) < 4.78 is 69.7. The number of rotatable bonds is 6. The first-order valence-corrected chi connectivity index (χ1v) is 14.2. The molecule has 0 atom stereocenters. The maximum Gasteiger partial charge on any atom is 1.00 e. The van der Waals surface area contributed by atoms with Crippen LogP contribution in [-0.2, 0) is 20.2 Å². The summed E-state index contributed by atoms with van der Waals surface area (Å²) >= 11 is 0. The van der Waals surface area contributed by atoms with E-state index < -0.39 is 46.2 Å². The van der Waals surface area contributed by atoms with Crippen LogP contribution in [0.15, 0.2) is 115 Å². The molecule has 0 unspecified atom stereocenters. The standard InChI is InChI=1S/C26H18N4O8S2.2Na/c31-22-12-9-21(29-27-19-10-13-23(39(33,34)35)17-7-3-1-5-15(17)19)26(32)25(22)30-28-20-11-14-24(40(36,37)38)18-8-4-2-6-16(18)20;;/h1-14,27-28H,(H,33,34,35)(H,36,37,38);;/q;2*+1/p-2/b29-21+,30-25-;;. The molecule has 0 bridgehead atoms. The molecule has 5 aromatic rings. The zero-order chi connectivity index (χ0) is 28.7. The molecule has 0 aliphatic heterocycles. The van der Waals surface area contributed by atoms with E-state index in [4.69, 9.17) is 0 Å². The molecule has 0 spiro atoms. The van der Waals surface area contributed by atoms with Gasteiger partial charge in [0.05, 0.1) is 21.2 Å². The summed E-state index contributed by atoms with van der Waals surface area (Å²) in [6.07, 6.45) is 0. The fourth-order valence-corrected chi connectivity index (χ4v) is 5.51. The molecule has 202 valence electrons. The van der Waals surface area contributed by atoms with Gasteiger partial charge in [0.2, 0.25) is 10.9 Å². The van der Waals surface area contributed by atoms with Gasteiger partial charge in [-0.25, -0.2) is 16.8 Å². The molecule has 0 saturated carbocycles. The summed E-state index contributed by atoms with van der Waals surface area (Å²) in [5.74, 6) is 0. The second-order valence-corrected chi connectivity index (χ2v) is 11.1. The van der Waals surface area contributed by atoms with Crippen LogP contribution in [0.4, 0.5) is 11.4 Å². The second kappa shape index (κ2) is 13.3. The zero-order valence-corrected chi connectivity index (χ0v) is 27.7. The van der Waals surface area contributed by atoms with E-state index >= 15 is 0 Å². The Morgan fingerprint density at radius 1 is 0.548 bits per heavy atom. The summed E-state index contributed by atoms with van der Waals surface area (Å²) in [5.41, 5.74) is 4.24. The van der Waals surface area contributed by atoms with E-state index in [9.17, 15) is 35.5 Å². The van der Waals surface area contributed by atoms with E-state index in [0.717, 1.165) is 18.2 Å². The van der Waals surface area contributed by atoms with Gasteiger partial charge in [0.15, 0.2) is 5.36 Å². The number of hydrogen-bond donors (Lipinski definition) is 2. The summed E-state index contributed by atoms with van der Waals surface area (Å²) in [6, 6.07) is 19.5. The number of benzene rings is 5. The Balaban J connectivity index is 0.00000242. The normalized spacial score (nSPS) is 12.5. The molecular weight excluding hydrogens is 606 g/mol. The fourth-order valence-electron chi connectivity index (χ4n) is 4.15. The Bertz CT molecular complexity index is 2290. The number of nitrogens with zero attached hydrogens (tertiary/aromatic N) is 2. The molecule has 16 heteroatoms. The number of hydrogen-bond acceptors (Lipinski definition) is 12. The maximum absolute atomic E-state index is 13.0. The molecule has 0 aliphatic carbocycles. The van der Waals surface area contributed by atoms with Crippen LogP contribution in [0, 0.1) is 0 Å². The predicted octanol–water partition coefficient (Wildman–Crippen LogP) is -4.74. The van der Waals surface area contributed by atoms with Gasteiger partial charge in [-0.3, -0.25) is 20.4 Å². The van der Waals surface area contributed by atoms with Crippen molar-refractivity contribution in [3.63, 3.8) is 0 Å². The summed E-state index contributed by atoms with van der Waals surface area (Å²) in [7, 11) is -9.50. The van der Waals surface area contributed by atoms with Gasteiger partial charge in [-0.1, -0.05) is 48.5 Å². The first-order valence-electron chi connectivity index (χ1n) is 11.3. The van der Waals surface area contributed by atoms with Crippen molar-refractivity contribution < 1.29 is 85.1 Å². The average molecular weight is 623 g/mol. The van der Waals surface area contributed by atoms with E-state index in [1.807, 2.05) is 0 Å². The molecule has 0 radical (unpaired) electrons. The maximum atomic E-state index is 13.0. The van der Waals surface area contributed by atoms with Crippen molar-refractivity contribution in [1.29, 1.82) is 0 Å². The minimum absolute atomic E-state index is 0. The fraction of sp³-hybridized carbons (Fsp3) is 0. The van der Waals surface area contributed by atoms with Gasteiger partial charge in [-0.05, 0) is 36.4 Å². The van der Waals surface area contributed by atoms with E-state index in [2.05, 4.69) is 21.1 Å². The van der Waals surface area contributed by atoms with E-state index in [1.54, 1.807) is 36.4 Å². The minimum atomic E-state index is -4.76. The molecule has 0 aliphatic rings. The number of fused-ring (bicyclic) bond motifs is 2. The topological polar surface area (TPSA) is 197 Å². The summed E-state index contributed by atoms with van der Waals surface area (Å²) in [6.45, 7) is 0. The quantitative estimate of drug-likeness (QED) is 0.105. The smallest absolute Gasteiger partial charge is 0.744 e. The van der Waals surface area contributed by atoms with Crippen LogP contribution >= 0.6 is 0 Å². The predicted molar refractivity (Wildman–Crippen MR) is 144 cm³/mol. The van der Waals surface area contributed by atoms with Crippen LogP contribution < -0.4 is 91.5 Å². The Hall–Kier alpha value is -2.76. The van der Waals surface area contributed by atoms with Crippen LogP contribution in [0.2, 0.25) is 0 Å². The molecule has 0 amide bonds. The van der Waals surface area contributed by atoms with Gasteiger partial charge in [-0.2, -0.15) is 10.2 Å². The summed E-state index contributed by atoms with van der Waals surface area (Å²) in [4.78, 5) is 24.6. The third-order valence-corrected chi connectivity index (χ3v) is 7.75. The summed E-state index contributed by atoms with van der Waals surface area (Å²) in [5, 5.41) is 8.26. The van der Waals surface area contributed by atoms with Crippen molar-refractivity contribution in [2.75, 3.05) is 10.9 Å². The van der Waals surface area contributed by atoms with Crippen molar-refractivity contribution >= 4 is 53.2 Å². The van der Waals surface area contributed by atoms with Crippen molar-refractivity contribution in [3.8, 4) is 0 Å². The SMILES string of the molecule is O=c1cc/c(=N\Nc2ccc(S(=O)(=O)[O-])c3ccccc23)c(=O)/c1=N\Nc1ccc(S(=O)(=O)[O-])c2ccccc12.[Na+].[Na+]. The monoisotopic (exact) mass is 622 g/mol. The van der Waals surface area contributed by atoms with E-state index in [1.165, 1.54) is 30.3 Å². The molecule has 0 saturated heterocycles. The number of anilines is 2. The van der Waals surface area contributed by atoms with Crippen molar-refractivity contribution in [2.45, 2.75) is 9.79 Å². The largest absolute Gasteiger partial charge is 1.00 e. The van der Waals surface area contributed by atoms with Crippen LogP contribution in [0.1, 0.15) is 0 Å². The molecule has 5 aromatic carbocycles. The third-order valence-electron chi connectivity index (χ3n) is 5.97. The Morgan fingerprint density at radius 3 is 1.43 bits per heavy atom. The Morgan fingerprint density at radius 2 is 0.976 bits per heavy atom. The van der Waals surface area contributed by atoms with Crippen LogP contribution in [0.3, 0.4) is 0 Å². The molecule has 42 heavy (non-hydrogen) atoms. The average Bonchev–Trinajstić information content (AvgIpc) is 2.91. The van der Waals surface area contributed by atoms with E-state index in [0.29, 0.717) is 16.5 Å². The van der Waals surface area contributed by atoms with Gasteiger partial charge in [0.25, 0.3) is 0 Å². The van der Waals surface area contributed by atoms with Gasteiger partial charge in [0, 0.05) is 21.5 Å². The minimum Gasteiger partial charge on any atom is -0.744 e. The molecular formula is C26H16N4Na2O8S2. The molecule has 2 N–H and O–H groups in total. The van der Waals surface area contributed by atoms with Gasteiger partial charge < -0.3 is 9.11 Å².